The van der Waals surface area contributed by atoms with Gasteiger partial charge in [-0.1, -0.05) is 0 Å². The maximum atomic E-state index is 12.8. The normalized spacial score (nSPS) is 25.3. The molecule has 0 radical (unpaired) electrons. The standard InChI is InChI=1S/C14H20F3N5O2/c1-24-12(23)9-2-3-18-10(6-9)7-21-4-5-22-11(8-21)19-20-13(22)14(15,16)17/h9-10,18H,2-8H2,1H3/t9-,10+/m1/s1. The maximum absolute atomic E-state index is 12.8. The van der Waals surface area contributed by atoms with Gasteiger partial charge in [0.05, 0.1) is 19.6 Å². The lowest BCUT2D eigenvalue weighted by atomic mass is 9.92. The van der Waals surface area contributed by atoms with Gasteiger partial charge >= 0.3 is 12.1 Å². The van der Waals surface area contributed by atoms with Crippen LogP contribution in [0.3, 0.4) is 0 Å². The topological polar surface area (TPSA) is 72.3 Å². The van der Waals surface area contributed by atoms with Gasteiger partial charge in [-0.15, -0.1) is 10.2 Å². The summed E-state index contributed by atoms with van der Waals surface area (Å²) in [5, 5.41) is 10.3. The van der Waals surface area contributed by atoms with E-state index in [1.165, 1.54) is 7.11 Å². The summed E-state index contributed by atoms with van der Waals surface area (Å²) in [7, 11) is 1.38. The Hall–Kier alpha value is -1.68. The molecule has 2 atom stereocenters. The molecular weight excluding hydrogens is 327 g/mol. The van der Waals surface area contributed by atoms with E-state index in [0.29, 0.717) is 31.9 Å². The number of rotatable bonds is 3. The van der Waals surface area contributed by atoms with Crippen LogP contribution >= 0.6 is 0 Å². The Morgan fingerprint density at radius 3 is 2.88 bits per heavy atom. The molecule has 0 aliphatic carbocycles. The number of carbonyl (C=O) groups excluding carboxylic acids is 1. The highest BCUT2D eigenvalue weighted by atomic mass is 19.4. The van der Waals surface area contributed by atoms with E-state index < -0.39 is 12.0 Å². The molecule has 24 heavy (non-hydrogen) atoms. The largest absolute Gasteiger partial charge is 0.469 e. The smallest absolute Gasteiger partial charge is 0.451 e. The summed E-state index contributed by atoms with van der Waals surface area (Å²) in [6.07, 6.45) is -3.07. The number of nitrogens with zero attached hydrogens (tertiary/aromatic N) is 4. The molecule has 7 nitrogen and oxygen atoms in total. The van der Waals surface area contributed by atoms with Crippen LogP contribution in [0.15, 0.2) is 0 Å². The Bertz CT molecular complexity index is 604. The number of esters is 1. The zero-order chi connectivity index (χ0) is 17.3. The number of aromatic nitrogens is 3. The molecule has 1 saturated heterocycles. The first kappa shape index (κ1) is 17.2. The molecule has 1 fully saturated rings. The average molecular weight is 347 g/mol. The first-order chi connectivity index (χ1) is 11.4. The number of methoxy groups -OCH3 is 1. The quantitative estimate of drug-likeness (QED) is 0.810. The summed E-state index contributed by atoms with van der Waals surface area (Å²) in [5.41, 5.74) is 0. The van der Waals surface area contributed by atoms with E-state index in [1.807, 2.05) is 4.90 Å². The van der Waals surface area contributed by atoms with Crippen LogP contribution in [0.25, 0.3) is 0 Å². The minimum atomic E-state index is -4.48. The third-order valence-electron chi connectivity index (χ3n) is 4.59. The lowest BCUT2D eigenvalue weighted by molar-refractivity contribution is -0.148. The van der Waals surface area contributed by atoms with Gasteiger partial charge in [0.25, 0.3) is 0 Å². The number of alkyl halides is 3. The van der Waals surface area contributed by atoms with E-state index in [4.69, 9.17) is 4.74 Å². The van der Waals surface area contributed by atoms with Gasteiger partial charge in [-0.2, -0.15) is 13.2 Å². The van der Waals surface area contributed by atoms with E-state index in [-0.39, 0.29) is 24.5 Å². The second-order valence-electron chi connectivity index (χ2n) is 6.22. The number of piperidine rings is 1. The van der Waals surface area contributed by atoms with Gasteiger partial charge in [-0.05, 0) is 19.4 Å². The summed E-state index contributed by atoms with van der Waals surface area (Å²) in [5.74, 6) is -0.922. The van der Waals surface area contributed by atoms with E-state index in [0.717, 1.165) is 17.5 Å². The molecule has 2 aliphatic heterocycles. The molecule has 0 spiro atoms. The predicted molar refractivity (Wildman–Crippen MR) is 76.8 cm³/mol. The highest BCUT2D eigenvalue weighted by molar-refractivity contribution is 5.72. The molecule has 1 aromatic heterocycles. The number of fused-ring (bicyclic) bond motifs is 1. The van der Waals surface area contributed by atoms with Crippen LogP contribution in [0.5, 0.6) is 0 Å². The first-order valence-corrected chi connectivity index (χ1v) is 7.91. The maximum Gasteiger partial charge on any atom is 0.451 e. The van der Waals surface area contributed by atoms with Crippen LogP contribution in [0, 0.1) is 5.92 Å². The van der Waals surface area contributed by atoms with Gasteiger partial charge in [0.1, 0.15) is 5.82 Å². The highest BCUT2D eigenvalue weighted by Crippen LogP contribution is 2.29. The zero-order valence-corrected chi connectivity index (χ0v) is 13.3. The van der Waals surface area contributed by atoms with Crippen molar-refractivity contribution in [3.05, 3.63) is 11.6 Å². The summed E-state index contributed by atoms with van der Waals surface area (Å²) in [6.45, 7) is 2.41. The molecule has 10 heteroatoms. The second-order valence-corrected chi connectivity index (χ2v) is 6.22. The van der Waals surface area contributed by atoms with E-state index in [2.05, 4.69) is 15.5 Å². The number of ether oxygens (including phenoxy) is 1. The van der Waals surface area contributed by atoms with Crippen molar-refractivity contribution in [1.82, 2.24) is 25.0 Å². The van der Waals surface area contributed by atoms with E-state index >= 15 is 0 Å². The third kappa shape index (κ3) is 3.54. The average Bonchev–Trinajstić information content (AvgIpc) is 2.97. The lowest BCUT2D eigenvalue weighted by Gasteiger charge is -2.35. The van der Waals surface area contributed by atoms with Crippen LogP contribution in [0.4, 0.5) is 13.2 Å². The van der Waals surface area contributed by atoms with Crippen molar-refractivity contribution in [2.75, 3.05) is 26.7 Å². The van der Waals surface area contributed by atoms with Gasteiger partial charge in [-0.25, -0.2) is 0 Å². The van der Waals surface area contributed by atoms with Crippen molar-refractivity contribution in [2.45, 2.75) is 38.1 Å². The van der Waals surface area contributed by atoms with Gasteiger partial charge in [-0.3, -0.25) is 9.69 Å². The Balaban J connectivity index is 1.60. The molecule has 0 bridgehead atoms. The molecule has 1 aromatic rings. The van der Waals surface area contributed by atoms with Crippen molar-refractivity contribution < 1.29 is 22.7 Å². The van der Waals surface area contributed by atoms with Gasteiger partial charge in [0.15, 0.2) is 0 Å². The Morgan fingerprint density at radius 2 is 2.17 bits per heavy atom. The summed E-state index contributed by atoms with van der Waals surface area (Å²) >= 11 is 0. The third-order valence-corrected chi connectivity index (χ3v) is 4.59. The fraction of sp³-hybridized carbons (Fsp3) is 0.786. The number of nitrogens with one attached hydrogen (secondary N) is 1. The van der Waals surface area contributed by atoms with Crippen molar-refractivity contribution in [1.29, 1.82) is 0 Å². The molecule has 0 saturated carbocycles. The van der Waals surface area contributed by atoms with Crippen LogP contribution in [0.1, 0.15) is 24.5 Å². The van der Waals surface area contributed by atoms with Crippen molar-refractivity contribution in [3.63, 3.8) is 0 Å². The predicted octanol–water partition coefficient (Wildman–Crippen LogP) is 0.654. The first-order valence-electron chi connectivity index (χ1n) is 7.91. The minimum Gasteiger partial charge on any atom is -0.469 e. The molecule has 3 heterocycles. The SMILES string of the molecule is COC(=O)[C@@H]1CCN[C@H](CN2CCn3c(nnc3C(F)(F)F)C2)C1. The van der Waals surface area contributed by atoms with Gasteiger partial charge < -0.3 is 14.6 Å². The molecule has 0 amide bonds. The lowest BCUT2D eigenvalue weighted by Crippen LogP contribution is -2.49. The highest BCUT2D eigenvalue weighted by Gasteiger charge is 2.39. The Labute approximate surface area is 137 Å². The molecule has 134 valence electrons. The van der Waals surface area contributed by atoms with Gasteiger partial charge in [0, 0.05) is 25.7 Å². The molecule has 0 aromatic carbocycles. The van der Waals surface area contributed by atoms with Crippen molar-refractivity contribution >= 4 is 5.97 Å². The summed E-state index contributed by atoms with van der Waals surface area (Å²) in [6, 6.07) is 0.111. The van der Waals surface area contributed by atoms with Crippen LogP contribution in [0.2, 0.25) is 0 Å². The molecular formula is C14H20F3N5O2. The van der Waals surface area contributed by atoms with Crippen molar-refractivity contribution in [3.8, 4) is 0 Å². The second kappa shape index (κ2) is 6.67. The fourth-order valence-electron chi connectivity index (χ4n) is 3.41. The summed E-state index contributed by atoms with van der Waals surface area (Å²) < 4.78 is 44.5. The number of halogens is 3. The number of carbonyl (C=O) groups is 1. The number of hydrogen-bond donors (Lipinski definition) is 1. The monoisotopic (exact) mass is 347 g/mol. The van der Waals surface area contributed by atoms with Crippen LogP contribution in [-0.4, -0.2) is 58.4 Å². The zero-order valence-electron chi connectivity index (χ0n) is 13.3. The van der Waals surface area contributed by atoms with Crippen LogP contribution in [-0.2, 0) is 28.8 Å². The van der Waals surface area contributed by atoms with E-state index in [9.17, 15) is 18.0 Å². The van der Waals surface area contributed by atoms with E-state index in [1.54, 1.807) is 0 Å². The fourth-order valence-corrected chi connectivity index (χ4v) is 3.41. The van der Waals surface area contributed by atoms with Gasteiger partial charge in [0.2, 0.25) is 5.82 Å². The summed E-state index contributed by atoms with van der Waals surface area (Å²) in [4.78, 5) is 13.7. The molecule has 2 aliphatic rings. The number of hydrogen-bond acceptors (Lipinski definition) is 6. The minimum absolute atomic E-state index is 0.111. The van der Waals surface area contributed by atoms with Crippen LogP contribution < -0.4 is 5.32 Å². The molecule has 0 unspecified atom stereocenters. The molecule has 1 N–H and O–H groups in total. The van der Waals surface area contributed by atoms with Crippen molar-refractivity contribution in [2.24, 2.45) is 5.92 Å². The Morgan fingerprint density at radius 1 is 1.38 bits per heavy atom. The molecule has 3 rings (SSSR count). The Kier molecular flexibility index (Phi) is 4.77.